The summed E-state index contributed by atoms with van der Waals surface area (Å²) in [4.78, 5) is 0. The molecule has 0 aromatic carbocycles. The molecule has 55 valence electrons. The van der Waals surface area contributed by atoms with Crippen molar-refractivity contribution in [1.29, 1.82) is 0 Å². The average molecular weight is 133 g/mol. The lowest BCUT2D eigenvalue weighted by atomic mass is 10.4. The first-order valence-electron chi connectivity index (χ1n) is 2.95. The van der Waals surface area contributed by atoms with Gasteiger partial charge in [0.25, 0.3) is 0 Å². The van der Waals surface area contributed by atoms with E-state index in [9.17, 15) is 0 Å². The highest BCUT2D eigenvalue weighted by molar-refractivity contribution is 4.48. The van der Waals surface area contributed by atoms with E-state index in [2.05, 4.69) is 6.92 Å². The van der Waals surface area contributed by atoms with E-state index in [1.165, 1.54) is 6.92 Å². The minimum atomic E-state index is -1.06. The Morgan fingerprint density at radius 1 is 1.56 bits per heavy atom. The molecular formula is C6H13O3. The molecule has 0 spiro atoms. The molecule has 0 heterocycles. The molecule has 0 fully saturated rings. The molecule has 1 radical (unpaired) electrons. The number of hydrogen-bond donors (Lipinski definition) is 2. The minimum Gasteiger partial charge on any atom is -0.388 e. The molecule has 0 bridgehead atoms. The fraction of sp³-hybridized carbons (Fsp3) is 0.833. The van der Waals surface area contributed by atoms with Crippen LogP contribution < -0.4 is 0 Å². The molecule has 0 rings (SSSR count). The van der Waals surface area contributed by atoms with Gasteiger partial charge in [-0.05, 0) is 13.3 Å². The van der Waals surface area contributed by atoms with Crippen molar-refractivity contribution in [2.24, 2.45) is 0 Å². The highest BCUT2D eigenvalue weighted by atomic mass is 16.6. The van der Waals surface area contributed by atoms with Crippen LogP contribution in [0.1, 0.15) is 13.3 Å². The molecule has 3 nitrogen and oxygen atoms in total. The van der Waals surface area contributed by atoms with E-state index < -0.39 is 12.4 Å². The third kappa shape index (κ3) is 4.39. The van der Waals surface area contributed by atoms with Crippen molar-refractivity contribution in [3.8, 4) is 0 Å². The summed E-state index contributed by atoms with van der Waals surface area (Å²) in [7, 11) is 0. The van der Waals surface area contributed by atoms with Gasteiger partial charge in [-0.1, -0.05) is 6.92 Å². The number of rotatable bonds is 4. The van der Waals surface area contributed by atoms with E-state index in [-0.39, 0.29) is 0 Å². The fourth-order valence-corrected chi connectivity index (χ4v) is 0.343. The maximum absolute atomic E-state index is 8.76. The summed E-state index contributed by atoms with van der Waals surface area (Å²) in [6, 6.07) is 0. The van der Waals surface area contributed by atoms with Gasteiger partial charge in [-0.3, -0.25) is 0 Å². The zero-order valence-electron chi connectivity index (χ0n) is 5.58. The van der Waals surface area contributed by atoms with Crippen LogP contribution in [0.5, 0.6) is 0 Å². The third-order valence-electron chi connectivity index (χ3n) is 0.846. The summed E-state index contributed by atoms with van der Waals surface area (Å²) >= 11 is 0. The Balaban J connectivity index is 3.16. The zero-order valence-corrected chi connectivity index (χ0v) is 5.58. The van der Waals surface area contributed by atoms with Crippen LogP contribution in [0, 0.1) is 6.92 Å². The number of aliphatic hydroxyl groups excluding tert-OH is 2. The summed E-state index contributed by atoms with van der Waals surface area (Å²) in [5.74, 6) is 0. The summed E-state index contributed by atoms with van der Waals surface area (Å²) in [6.07, 6.45) is -1.28. The second-order valence-corrected chi connectivity index (χ2v) is 1.86. The topological polar surface area (TPSA) is 49.7 Å². The van der Waals surface area contributed by atoms with Crippen LogP contribution in [0.2, 0.25) is 0 Å². The Bertz CT molecular complexity index is 63.3. The highest BCUT2D eigenvalue weighted by Gasteiger charge is 2.08. The first-order valence-corrected chi connectivity index (χ1v) is 2.95. The van der Waals surface area contributed by atoms with E-state index in [0.717, 1.165) is 0 Å². The van der Waals surface area contributed by atoms with Crippen molar-refractivity contribution in [2.75, 3.05) is 6.61 Å². The molecule has 0 aliphatic carbocycles. The van der Waals surface area contributed by atoms with Crippen LogP contribution in [-0.2, 0) is 4.74 Å². The number of ether oxygens (including phenoxy) is 1. The number of aliphatic hydroxyl groups is 2. The number of hydrogen-bond acceptors (Lipinski definition) is 3. The Kier molecular flexibility index (Phi) is 4.67. The van der Waals surface area contributed by atoms with Crippen LogP contribution >= 0.6 is 0 Å². The van der Waals surface area contributed by atoms with Gasteiger partial charge in [0, 0.05) is 6.61 Å². The van der Waals surface area contributed by atoms with Gasteiger partial charge in [0.1, 0.15) is 6.10 Å². The van der Waals surface area contributed by atoms with E-state index in [0.29, 0.717) is 13.0 Å². The second kappa shape index (κ2) is 4.73. The van der Waals surface area contributed by atoms with Gasteiger partial charge in [-0.2, -0.15) is 0 Å². The third-order valence-corrected chi connectivity index (χ3v) is 0.846. The molecule has 0 saturated carbocycles. The lowest BCUT2D eigenvalue weighted by molar-refractivity contribution is -0.154. The Morgan fingerprint density at radius 3 is 2.44 bits per heavy atom. The van der Waals surface area contributed by atoms with Crippen LogP contribution in [0.25, 0.3) is 0 Å². The van der Waals surface area contributed by atoms with Gasteiger partial charge in [0.2, 0.25) is 0 Å². The van der Waals surface area contributed by atoms with Gasteiger partial charge >= 0.3 is 0 Å². The van der Waals surface area contributed by atoms with Crippen molar-refractivity contribution in [1.82, 2.24) is 0 Å². The van der Waals surface area contributed by atoms with Crippen molar-refractivity contribution >= 4 is 0 Å². The zero-order chi connectivity index (χ0) is 7.28. The van der Waals surface area contributed by atoms with Gasteiger partial charge in [-0.25, -0.2) is 0 Å². The predicted octanol–water partition coefficient (Wildman–Crippen LogP) is -0.0736. The first-order chi connectivity index (χ1) is 4.18. The highest BCUT2D eigenvalue weighted by Crippen LogP contribution is 1.94. The Labute approximate surface area is 55.3 Å². The molecule has 2 N–H and O–H groups in total. The summed E-state index contributed by atoms with van der Waals surface area (Å²) in [5.41, 5.74) is 0. The standard InChI is InChI=1S/C6H13O3/c1-3-4-9-6(8)5(2)7/h5-8H,1,3-4H2,2H3. The molecule has 0 saturated heterocycles. The van der Waals surface area contributed by atoms with Crippen molar-refractivity contribution in [2.45, 2.75) is 25.7 Å². The van der Waals surface area contributed by atoms with Gasteiger partial charge in [0.15, 0.2) is 6.29 Å². The lowest BCUT2D eigenvalue weighted by Gasteiger charge is -2.12. The van der Waals surface area contributed by atoms with Crippen molar-refractivity contribution < 1.29 is 14.9 Å². The van der Waals surface area contributed by atoms with Gasteiger partial charge < -0.3 is 14.9 Å². The monoisotopic (exact) mass is 133 g/mol. The molecule has 2 unspecified atom stereocenters. The first kappa shape index (κ1) is 8.88. The predicted molar refractivity (Wildman–Crippen MR) is 33.6 cm³/mol. The van der Waals surface area contributed by atoms with Gasteiger partial charge in [0.05, 0.1) is 0 Å². The molecule has 0 amide bonds. The second-order valence-electron chi connectivity index (χ2n) is 1.86. The molecule has 9 heavy (non-hydrogen) atoms. The van der Waals surface area contributed by atoms with Gasteiger partial charge in [-0.15, -0.1) is 0 Å². The molecular weight excluding hydrogens is 120 g/mol. The van der Waals surface area contributed by atoms with Crippen LogP contribution in [-0.4, -0.2) is 29.2 Å². The lowest BCUT2D eigenvalue weighted by Crippen LogP contribution is -2.25. The fourth-order valence-electron chi connectivity index (χ4n) is 0.343. The molecule has 0 aliphatic rings. The van der Waals surface area contributed by atoms with E-state index in [1.54, 1.807) is 0 Å². The Hall–Kier alpha value is -0.120. The quantitative estimate of drug-likeness (QED) is 0.528. The van der Waals surface area contributed by atoms with Crippen molar-refractivity contribution in [3.63, 3.8) is 0 Å². The van der Waals surface area contributed by atoms with E-state index in [1.807, 2.05) is 0 Å². The SMILES string of the molecule is [CH2]CCOC(O)C(C)O. The molecule has 0 aromatic heterocycles. The summed E-state index contributed by atoms with van der Waals surface area (Å²) in [5, 5.41) is 17.4. The van der Waals surface area contributed by atoms with Crippen molar-refractivity contribution in [3.05, 3.63) is 6.92 Å². The van der Waals surface area contributed by atoms with Crippen LogP contribution in [0.15, 0.2) is 0 Å². The molecule has 0 aromatic rings. The molecule has 0 aliphatic heterocycles. The summed E-state index contributed by atoms with van der Waals surface area (Å²) < 4.78 is 4.70. The van der Waals surface area contributed by atoms with E-state index >= 15 is 0 Å². The average Bonchev–Trinajstić information content (AvgIpc) is 1.82. The minimum absolute atomic E-state index is 0.381. The Morgan fingerprint density at radius 2 is 2.11 bits per heavy atom. The maximum Gasteiger partial charge on any atom is 0.180 e. The van der Waals surface area contributed by atoms with Crippen LogP contribution in [0.4, 0.5) is 0 Å². The smallest absolute Gasteiger partial charge is 0.180 e. The van der Waals surface area contributed by atoms with Crippen LogP contribution in [0.3, 0.4) is 0 Å². The largest absolute Gasteiger partial charge is 0.388 e. The summed E-state index contributed by atoms with van der Waals surface area (Å²) in [6.45, 7) is 5.35. The molecule has 3 heteroatoms. The van der Waals surface area contributed by atoms with E-state index in [4.69, 9.17) is 14.9 Å². The maximum atomic E-state index is 8.76. The molecule has 2 atom stereocenters. The normalized spacial score (nSPS) is 17.3.